The third kappa shape index (κ3) is 7.30. The number of carbonyl (C=O) groups excluding carboxylic acids is 3. The van der Waals surface area contributed by atoms with Crippen LogP contribution < -0.4 is 0 Å². The highest BCUT2D eigenvalue weighted by molar-refractivity contribution is 6.12. The van der Waals surface area contributed by atoms with Crippen molar-refractivity contribution in [2.45, 2.75) is 45.8 Å². The van der Waals surface area contributed by atoms with Crippen LogP contribution in [-0.2, 0) is 25.4 Å². The fourth-order valence-electron chi connectivity index (χ4n) is 4.89. The molecule has 0 unspecified atom stereocenters. The summed E-state index contributed by atoms with van der Waals surface area (Å²) in [5.41, 5.74) is 3.53. The Balaban J connectivity index is 1.47. The zero-order valence-electron chi connectivity index (χ0n) is 23.7. The lowest BCUT2D eigenvalue weighted by molar-refractivity contribution is -0.131. The molecule has 0 saturated carbocycles. The fraction of sp³-hybridized carbons (Fsp3) is 0.406. The van der Waals surface area contributed by atoms with Crippen LogP contribution in [0.2, 0.25) is 0 Å². The zero-order valence-corrected chi connectivity index (χ0v) is 23.7. The quantitative estimate of drug-likeness (QED) is 0.163. The van der Waals surface area contributed by atoms with Gasteiger partial charge in [-0.15, -0.1) is 0 Å². The van der Waals surface area contributed by atoms with Crippen molar-refractivity contribution in [3.8, 4) is 11.1 Å². The van der Waals surface area contributed by atoms with Gasteiger partial charge in [0.25, 0.3) is 0 Å². The molecule has 1 aliphatic heterocycles. The molecule has 3 atom stereocenters. The number of carbonyl (C=O) groups is 3. The first-order valence-corrected chi connectivity index (χ1v) is 13.9. The number of aliphatic hydroxyl groups is 1. The first-order valence-electron chi connectivity index (χ1n) is 13.9. The smallest absolute Gasteiger partial charge is 0.417 e. The Morgan fingerprint density at radius 3 is 2.44 bits per heavy atom. The van der Waals surface area contributed by atoms with Crippen LogP contribution in [-0.4, -0.2) is 66.9 Å². The summed E-state index contributed by atoms with van der Waals surface area (Å²) in [6, 6.07) is 18.2. The van der Waals surface area contributed by atoms with E-state index in [4.69, 9.17) is 23.7 Å². The summed E-state index contributed by atoms with van der Waals surface area (Å²) >= 11 is 0. The van der Waals surface area contributed by atoms with Crippen LogP contribution in [0.4, 0.5) is 4.79 Å². The Labute approximate surface area is 240 Å². The third-order valence-corrected chi connectivity index (χ3v) is 7.08. The van der Waals surface area contributed by atoms with E-state index in [2.05, 4.69) is 0 Å². The molecule has 0 radical (unpaired) electrons. The van der Waals surface area contributed by atoms with Crippen LogP contribution in [0.1, 0.15) is 53.8 Å². The van der Waals surface area contributed by atoms with Crippen molar-refractivity contribution >= 4 is 17.8 Å². The summed E-state index contributed by atoms with van der Waals surface area (Å²) in [5.74, 6) is -1.59. The summed E-state index contributed by atoms with van der Waals surface area (Å²) in [5, 5.41) is 8.77. The molecule has 41 heavy (non-hydrogen) atoms. The number of aliphatic hydroxyl groups excluding tert-OH is 1. The monoisotopic (exact) mass is 563 g/mol. The van der Waals surface area contributed by atoms with Gasteiger partial charge in [0.1, 0.15) is 17.8 Å². The van der Waals surface area contributed by atoms with Gasteiger partial charge in [-0.05, 0) is 44.4 Å². The predicted molar refractivity (Wildman–Crippen MR) is 151 cm³/mol. The molecule has 0 aliphatic carbocycles. The van der Waals surface area contributed by atoms with Gasteiger partial charge in [0.15, 0.2) is 5.76 Å². The highest BCUT2D eigenvalue weighted by Crippen LogP contribution is 2.35. The number of rotatable bonds is 14. The Morgan fingerprint density at radius 2 is 1.73 bits per heavy atom. The van der Waals surface area contributed by atoms with E-state index in [9.17, 15) is 14.4 Å². The van der Waals surface area contributed by atoms with E-state index >= 15 is 0 Å². The summed E-state index contributed by atoms with van der Waals surface area (Å²) in [6.45, 7) is 6.74. The normalized spacial score (nSPS) is 17.5. The molecule has 9 heteroatoms. The molecule has 0 bridgehead atoms. The standard InChI is InChI=1S/C32H37NO8/c1-21-9-7-12-25(19-21)26-20-28(40-27(26)13-8-15-38-17-18-39-16-14-34)29(35)22(2)31(36)33-23(3)30(41-32(33)37)24-10-5-4-6-11-24/h4-7,9-12,19-20,22-23,30,34H,8,13-18H2,1-3H3/t22-,23-,30-/m0/s1. The average molecular weight is 564 g/mol. The average Bonchev–Trinajstić information content (AvgIpc) is 3.54. The molecule has 1 saturated heterocycles. The van der Waals surface area contributed by atoms with E-state index in [1.165, 1.54) is 6.92 Å². The van der Waals surface area contributed by atoms with Gasteiger partial charge in [-0.2, -0.15) is 0 Å². The number of hydrogen-bond donors (Lipinski definition) is 1. The van der Waals surface area contributed by atoms with Crippen molar-refractivity contribution < 1.29 is 38.1 Å². The second-order valence-corrected chi connectivity index (χ2v) is 10.1. The Kier molecular flexibility index (Phi) is 10.5. The largest absolute Gasteiger partial charge is 0.457 e. The predicted octanol–water partition coefficient (Wildman–Crippen LogP) is 5.14. The van der Waals surface area contributed by atoms with Gasteiger partial charge in [0.05, 0.1) is 32.5 Å². The van der Waals surface area contributed by atoms with Crippen LogP contribution in [0.15, 0.2) is 65.1 Å². The van der Waals surface area contributed by atoms with E-state index in [1.54, 1.807) is 13.0 Å². The summed E-state index contributed by atoms with van der Waals surface area (Å²) in [7, 11) is 0. The van der Waals surface area contributed by atoms with E-state index in [-0.39, 0.29) is 19.0 Å². The number of furan rings is 1. The van der Waals surface area contributed by atoms with Crippen LogP contribution in [0.5, 0.6) is 0 Å². The summed E-state index contributed by atoms with van der Waals surface area (Å²) in [4.78, 5) is 40.7. The van der Waals surface area contributed by atoms with E-state index < -0.39 is 35.8 Å². The number of ether oxygens (including phenoxy) is 3. The third-order valence-electron chi connectivity index (χ3n) is 7.08. The fourth-order valence-corrected chi connectivity index (χ4v) is 4.89. The van der Waals surface area contributed by atoms with Crippen LogP contribution in [0.25, 0.3) is 11.1 Å². The Hall–Kier alpha value is -3.79. The van der Waals surface area contributed by atoms with E-state index in [0.717, 1.165) is 27.2 Å². The molecule has 2 aromatic carbocycles. The molecular formula is C32H37NO8. The van der Waals surface area contributed by atoms with Gasteiger partial charge in [-0.25, -0.2) is 9.69 Å². The van der Waals surface area contributed by atoms with Gasteiger partial charge >= 0.3 is 6.09 Å². The van der Waals surface area contributed by atoms with E-state index in [0.29, 0.717) is 38.4 Å². The minimum Gasteiger partial charge on any atom is -0.457 e. The van der Waals surface area contributed by atoms with E-state index in [1.807, 2.05) is 61.5 Å². The van der Waals surface area contributed by atoms with Gasteiger partial charge in [0.2, 0.25) is 11.7 Å². The van der Waals surface area contributed by atoms with Gasteiger partial charge < -0.3 is 23.7 Å². The maximum atomic E-state index is 13.5. The molecule has 9 nitrogen and oxygen atoms in total. The molecule has 1 aromatic heterocycles. The van der Waals surface area contributed by atoms with Crippen molar-refractivity contribution in [1.82, 2.24) is 4.90 Å². The van der Waals surface area contributed by atoms with Crippen molar-refractivity contribution in [2.75, 3.05) is 33.0 Å². The molecule has 1 aliphatic rings. The number of benzene rings is 2. The number of hydrogen-bond acceptors (Lipinski definition) is 8. The number of amides is 2. The lowest BCUT2D eigenvalue weighted by Crippen LogP contribution is -2.43. The minimum atomic E-state index is -1.15. The van der Waals surface area contributed by atoms with Crippen molar-refractivity contribution in [3.05, 3.63) is 83.3 Å². The number of imide groups is 1. The summed E-state index contributed by atoms with van der Waals surface area (Å²) < 4.78 is 22.4. The first-order chi connectivity index (χ1) is 19.8. The topological polar surface area (TPSA) is 116 Å². The second kappa shape index (κ2) is 14.2. The number of Topliss-reactive ketones (excluding diaryl/α,β-unsaturated/α-hetero) is 1. The number of aryl methyl sites for hydroxylation is 2. The van der Waals surface area contributed by atoms with Crippen LogP contribution >= 0.6 is 0 Å². The Bertz CT molecular complexity index is 1330. The molecule has 4 rings (SSSR count). The lowest BCUT2D eigenvalue weighted by atomic mass is 9.98. The number of cyclic esters (lactones) is 1. The molecule has 218 valence electrons. The molecule has 3 aromatic rings. The van der Waals surface area contributed by atoms with Crippen molar-refractivity contribution in [2.24, 2.45) is 5.92 Å². The number of ketones is 1. The second-order valence-electron chi connectivity index (χ2n) is 10.1. The highest BCUT2D eigenvalue weighted by Gasteiger charge is 2.46. The van der Waals surface area contributed by atoms with Gasteiger partial charge in [-0.1, -0.05) is 60.2 Å². The molecule has 0 spiro atoms. The first kappa shape index (κ1) is 30.2. The van der Waals surface area contributed by atoms with Gasteiger partial charge in [0, 0.05) is 18.6 Å². The molecule has 2 amide bonds. The maximum absolute atomic E-state index is 13.5. The molecule has 2 heterocycles. The minimum absolute atomic E-state index is 0.0269. The molecular weight excluding hydrogens is 526 g/mol. The summed E-state index contributed by atoms with van der Waals surface area (Å²) in [6.07, 6.45) is -0.211. The maximum Gasteiger partial charge on any atom is 0.417 e. The van der Waals surface area contributed by atoms with Gasteiger partial charge in [-0.3, -0.25) is 9.59 Å². The molecule has 1 N–H and O–H groups in total. The Morgan fingerprint density at radius 1 is 1.00 bits per heavy atom. The zero-order chi connectivity index (χ0) is 29.4. The van der Waals surface area contributed by atoms with Crippen LogP contribution in [0.3, 0.4) is 0 Å². The van der Waals surface area contributed by atoms with Crippen LogP contribution in [0, 0.1) is 12.8 Å². The molecule has 1 fully saturated rings. The SMILES string of the molecule is Cc1cccc(-c2cc(C(=O)[C@H](C)C(=O)N3C(=O)O[C@H](c4ccccc4)[C@@H]3C)oc2CCCOCCOCCO)c1. The highest BCUT2D eigenvalue weighted by atomic mass is 16.6. The number of nitrogens with zero attached hydrogens (tertiary/aromatic N) is 1. The lowest BCUT2D eigenvalue weighted by Gasteiger charge is -2.21. The van der Waals surface area contributed by atoms with Crippen molar-refractivity contribution in [1.29, 1.82) is 0 Å². The van der Waals surface area contributed by atoms with Crippen molar-refractivity contribution in [3.63, 3.8) is 0 Å².